The van der Waals surface area contributed by atoms with Gasteiger partial charge < -0.3 is 14.7 Å². The van der Waals surface area contributed by atoms with E-state index in [0.717, 1.165) is 12.2 Å². The molecule has 0 aromatic heterocycles. The molecule has 1 N–H and O–H groups in total. The molecular weight excluding hydrogens is 332 g/mol. The highest BCUT2D eigenvalue weighted by Gasteiger charge is 2.40. The third kappa shape index (κ3) is 4.25. The van der Waals surface area contributed by atoms with Crippen LogP contribution >= 0.6 is 0 Å². The number of benzene rings is 1. The number of nitrogens with zero attached hydrogens (tertiary/aromatic N) is 2. The second-order valence-electron chi connectivity index (χ2n) is 6.86. The number of imide groups is 1. The van der Waals surface area contributed by atoms with Crippen LogP contribution in [0.15, 0.2) is 30.0 Å². The minimum absolute atomic E-state index is 0.0945. The highest BCUT2D eigenvalue weighted by atomic mass is 16.5. The zero-order valence-electron chi connectivity index (χ0n) is 16.0. The van der Waals surface area contributed by atoms with Crippen molar-refractivity contribution in [2.75, 3.05) is 33.4 Å². The summed E-state index contributed by atoms with van der Waals surface area (Å²) >= 11 is 0. The summed E-state index contributed by atoms with van der Waals surface area (Å²) in [6.45, 7) is 7.16. The normalized spacial score (nSPS) is 14.6. The van der Waals surface area contributed by atoms with Crippen LogP contribution in [0.4, 0.5) is 0 Å². The smallest absolute Gasteiger partial charge is 0.277 e. The summed E-state index contributed by atoms with van der Waals surface area (Å²) in [5, 5.41) is 9.25. The van der Waals surface area contributed by atoms with Crippen LogP contribution in [0.2, 0.25) is 0 Å². The molecule has 6 heteroatoms. The fourth-order valence-corrected chi connectivity index (χ4v) is 2.91. The molecule has 0 bridgehead atoms. The minimum Gasteiger partial charge on any atom is -0.494 e. The molecule has 26 heavy (non-hydrogen) atoms. The summed E-state index contributed by atoms with van der Waals surface area (Å²) in [6.07, 6.45) is 0.917. The molecule has 0 atom stereocenters. The Bertz CT molecular complexity index is 680. The molecule has 0 fully saturated rings. The van der Waals surface area contributed by atoms with E-state index < -0.39 is 0 Å². The van der Waals surface area contributed by atoms with Gasteiger partial charge in [-0.3, -0.25) is 14.5 Å². The van der Waals surface area contributed by atoms with Gasteiger partial charge in [0, 0.05) is 20.1 Å². The molecule has 0 spiro atoms. The first-order valence-corrected chi connectivity index (χ1v) is 9.06. The van der Waals surface area contributed by atoms with Crippen LogP contribution in [0.3, 0.4) is 0 Å². The van der Waals surface area contributed by atoms with Crippen LogP contribution in [0, 0.1) is 5.92 Å². The Labute approximate surface area is 155 Å². The lowest BCUT2D eigenvalue weighted by molar-refractivity contribution is -0.138. The van der Waals surface area contributed by atoms with Crippen molar-refractivity contribution in [1.29, 1.82) is 0 Å². The molecule has 0 unspecified atom stereocenters. The van der Waals surface area contributed by atoms with E-state index in [1.807, 2.05) is 32.9 Å². The van der Waals surface area contributed by atoms with Gasteiger partial charge in [0.2, 0.25) is 0 Å². The number of aliphatic hydroxyl groups is 1. The van der Waals surface area contributed by atoms with Gasteiger partial charge in [0.05, 0.1) is 18.8 Å². The first-order chi connectivity index (χ1) is 12.4. The SMILES string of the molecule is CCCOc1ccc(C2=C(N(C)CCO)C(=O)N(CC(C)C)C2=O)cc1. The quantitative estimate of drug-likeness (QED) is 0.683. The molecule has 1 aromatic rings. The molecular formula is C20H28N2O4. The predicted molar refractivity (Wildman–Crippen MR) is 100 cm³/mol. The van der Waals surface area contributed by atoms with Crippen molar-refractivity contribution < 1.29 is 19.4 Å². The predicted octanol–water partition coefficient (Wildman–Crippen LogP) is 2.14. The largest absolute Gasteiger partial charge is 0.494 e. The maximum atomic E-state index is 13.0. The van der Waals surface area contributed by atoms with Gasteiger partial charge in [-0.1, -0.05) is 32.9 Å². The number of carbonyl (C=O) groups excluding carboxylic acids is 2. The molecule has 0 aliphatic carbocycles. The summed E-state index contributed by atoms with van der Waals surface area (Å²) in [5.74, 6) is 0.320. The molecule has 0 radical (unpaired) electrons. The average Bonchev–Trinajstić information content (AvgIpc) is 2.85. The molecule has 1 aliphatic heterocycles. The van der Waals surface area contributed by atoms with Crippen molar-refractivity contribution in [3.8, 4) is 5.75 Å². The van der Waals surface area contributed by atoms with Gasteiger partial charge in [-0.2, -0.15) is 0 Å². The maximum absolute atomic E-state index is 13.0. The van der Waals surface area contributed by atoms with Crippen LogP contribution in [0.5, 0.6) is 5.75 Å². The number of amides is 2. The van der Waals surface area contributed by atoms with Crippen molar-refractivity contribution in [3.63, 3.8) is 0 Å². The first kappa shape index (κ1) is 20.0. The highest BCUT2D eigenvalue weighted by Crippen LogP contribution is 2.32. The summed E-state index contributed by atoms with van der Waals surface area (Å²) in [4.78, 5) is 28.8. The van der Waals surface area contributed by atoms with E-state index >= 15 is 0 Å². The van der Waals surface area contributed by atoms with E-state index in [0.29, 0.717) is 30.0 Å². The van der Waals surface area contributed by atoms with E-state index in [9.17, 15) is 14.7 Å². The van der Waals surface area contributed by atoms with Crippen LogP contribution in [-0.2, 0) is 9.59 Å². The molecule has 2 rings (SSSR count). The Hall–Kier alpha value is -2.34. The van der Waals surface area contributed by atoms with E-state index in [-0.39, 0.29) is 30.9 Å². The standard InChI is InChI=1S/C20H28N2O4/c1-5-12-26-16-8-6-15(7-9-16)17-18(21(4)10-11-23)20(25)22(19(17)24)13-14(2)3/h6-9,14,23H,5,10-13H2,1-4H3. The number of carbonyl (C=O) groups is 2. The number of aliphatic hydroxyl groups excluding tert-OH is 1. The monoisotopic (exact) mass is 360 g/mol. The highest BCUT2D eigenvalue weighted by molar-refractivity contribution is 6.35. The Balaban J connectivity index is 2.41. The molecule has 1 aliphatic rings. The molecule has 2 amide bonds. The third-order valence-electron chi connectivity index (χ3n) is 4.12. The van der Waals surface area contributed by atoms with Crippen molar-refractivity contribution in [2.45, 2.75) is 27.2 Å². The van der Waals surface area contributed by atoms with Crippen molar-refractivity contribution in [1.82, 2.24) is 9.80 Å². The van der Waals surface area contributed by atoms with Gasteiger partial charge in [-0.15, -0.1) is 0 Å². The van der Waals surface area contributed by atoms with E-state index in [4.69, 9.17) is 4.74 Å². The van der Waals surface area contributed by atoms with Crippen molar-refractivity contribution in [2.24, 2.45) is 5.92 Å². The number of ether oxygens (including phenoxy) is 1. The Morgan fingerprint density at radius 1 is 1.15 bits per heavy atom. The molecule has 0 saturated heterocycles. The second kappa shape index (κ2) is 8.85. The molecule has 1 heterocycles. The lowest BCUT2D eigenvalue weighted by Gasteiger charge is -2.21. The van der Waals surface area contributed by atoms with Crippen molar-refractivity contribution >= 4 is 17.4 Å². The zero-order valence-corrected chi connectivity index (χ0v) is 16.0. The van der Waals surface area contributed by atoms with Crippen LogP contribution in [-0.4, -0.2) is 60.1 Å². The lowest BCUT2D eigenvalue weighted by Crippen LogP contribution is -2.37. The molecule has 6 nitrogen and oxygen atoms in total. The number of hydrogen-bond acceptors (Lipinski definition) is 5. The van der Waals surface area contributed by atoms with Crippen LogP contribution in [0.1, 0.15) is 32.8 Å². The Morgan fingerprint density at radius 3 is 2.35 bits per heavy atom. The fraction of sp³-hybridized carbons (Fsp3) is 0.500. The van der Waals surface area contributed by atoms with Gasteiger partial charge in [-0.25, -0.2) is 0 Å². The van der Waals surface area contributed by atoms with Crippen LogP contribution < -0.4 is 4.74 Å². The van der Waals surface area contributed by atoms with Gasteiger partial charge in [-0.05, 0) is 30.0 Å². The van der Waals surface area contributed by atoms with Crippen molar-refractivity contribution in [3.05, 3.63) is 35.5 Å². The Kier molecular flexibility index (Phi) is 6.80. The van der Waals surface area contributed by atoms with E-state index in [1.165, 1.54) is 4.90 Å². The fourth-order valence-electron chi connectivity index (χ4n) is 2.91. The van der Waals surface area contributed by atoms with Gasteiger partial charge >= 0.3 is 0 Å². The Morgan fingerprint density at radius 2 is 1.81 bits per heavy atom. The van der Waals surface area contributed by atoms with E-state index in [2.05, 4.69) is 0 Å². The summed E-state index contributed by atoms with van der Waals surface area (Å²) in [7, 11) is 1.72. The molecule has 0 saturated carbocycles. The van der Waals surface area contributed by atoms with Crippen LogP contribution in [0.25, 0.3) is 5.57 Å². The lowest BCUT2D eigenvalue weighted by atomic mass is 10.0. The summed E-state index contributed by atoms with van der Waals surface area (Å²) < 4.78 is 5.59. The van der Waals surface area contributed by atoms with E-state index in [1.54, 1.807) is 24.1 Å². The zero-order chi connectivity index (χ0) is 19.3. The topological polar surface area (TPSA) is 70.1 Å². The minimum atomic E-state index is -0.305. The van der Waals surface area contributed by atoms with Gasteiger partial charge in [0.1, 0.15) is 11.4 Å². The average molecular weight is 360 g/mol. The van der Waals surface area contributed by atoms with Gasteiger partial charge in [0.15, 0.2) is 0 Å². The number of likely N-dealkylation sites (N-methyl/N-ethyl adjacent to an activating group) is 1. The summed E-state index contributed by atoms with van der Waals surface area (Å²) in [5.41, 5.74) is 1.40. The summed E-state index contributed by atoms with van der Waals surface area (Å²) in [6, 6.07) is 7.23. The first-order valence-electron chi connectivity index (χ1n) is 9.06. The van der Waals surface area contributed by atoms with Gasteiger partial charge in [0.25, 0.3) is 11.8 Å². The maximum Gasteiger partial charge on any atom is 0.277 e. The second-order valence-corrected chi connectivity index (χ2v) is 6.86. The molecule has 1 aromatic carbocycles. The third-order valence-corrected chi connectivity index (χ3v) is 4.12. The number of hydrogen-bond donors (Lipinski definition) is 1. The molecule has 142 valence electrons. The number of rotatable bonds is 9.